The number of fused-ring (bicyclic) bond motifs is 1. The van der Waals surface area contributed by atoms with Gasteiger partial charge in [-0.05, 0) is 37.0 Å². The van der Waals surface area contributed by atoms with Crippen molar-refractivity contribution >= 4 is 11.9 Å². The molecule has 0 spiro atoms. The molecule has 6 nitrogen and oxygen atoms in total. The lowest BCUT2D eigenvalue weighted by Crippen LogP contribution is -2.39. The van der Waals surface area contributed by atoms with Crippen molar-refractivity contribution < 1.29 is 18.0 Å². The molecule has 1 atom stereocenters. The highest BCUT2D eigenvalue weighted by atomic mass is 19.4. The van der Waals surface area contributed by atoms with Gasteiger partial charge in [-0.1, -0.05) is 0 Å². The van der Waals surface area contributed by atoms with Crippen LogP contribution in [0.1, 0.15) is 33.7 Å². The summed E-state index contributed by atoms with van der Waals surface area (Å²) in [7, 11) is 3.73. The van der Waals surface area contributed by atoms with Gasteiger partial charge in [0, 0.05) is 38.2 Å². The maximum absolute atomic E-state index is 12.5. The highest BCUT2D eigenvalue weighted by molar-refractivity contribution is 5.94. The fourth-order valence-corrected chi connectivity index (χ4v) is 2.80. The summed E-state index contributed by atoms with van der Waals surface area (Å²) in [6.45, 7) is 0. The minimum absolute atomic E-state index is 0.100. The molecule has 0 radical (unpaired) electrons. The summed E-state index contributed by atoms with van der Waals surface area (Å²) in [6.07, 6.45) is 0.180. The largest absolute Gasteiger partial charge is 0.433 e. The van der Waals surface area contributed by atoms with E-state index in [0.717, 1.165) is 29.6 Å². The van der Waals surface area contributed by atoms with Gasteiger partial charge in [0.1, 0.15) is 5.69 Å². The average Bonchev–Trinajstić information content (AvgIpc) is 2.60. The lowest BCUT2D eigenvalue weighted by molar-refractivity contribution is -0.141. The number of rotatable bonds is 3. The molecular weight excluding hydrogens is 347 g/mol. The van der Waals surface area contributed by atoms with Crippen molar-refractivity contribution in [3.8, 4) is 0 Å². The molecule has 0 fully saturated rings. The van der Waals surface area contributed by atoms with E-state index < -0.39 is 17.8 Å². The van der Waals surface area contributed by atoms with Crippen LogP contribution in [-0.4, -0.2) is 41.0 Å². The Morgan fingerprint density at radius 1 is 1.23 bits per heavy atom. The monoisotopic (exact) mass is 365 g/mol. The first kappa shape index (κ1) is 18.1. The van der Waals surface area contributed by atoms with Crippen LogP contribution in [0.5, 0.6) is 0 Å². The van der Waals surface area contributed by atoms with Crippen LogP contribution in [0.25, 0.3) is 0 Å². The molecule has 0 saturated carbocycles. The van der Waals surface area contributed by atoms with Crippen LogP contribution in [0.2, 0.25) is 0 Å². The van der Waals surface area contributed by atoms with Crippen molar-refractivity contribution in [2.75, 3.05) is 19.0 Å². The number of carbonyl (C=O) groups excluding carboxylic acids is 1. The summed E-state index contributed by atoms with van der Waals surface area (Å²) in [6, 6.07) is 1.82. The second-order valence-corrected chi connectivity index (χ2v) is 6.38. The standard InChI is InChI=1S/C17H18F3N5O/c1-25(2)16-22-9-11-7-12(4-5-13(11)24-16)23-15(26)10-3-6-14(21-8-10)17(18,19)20/h3,6,8-9,12H,4-5,7H2,1-2H3,(H,23,26). The summed E-state index contributed by atoms with van der Waals surface area (Å²) in [5.41, 5.74) is 1.01. The van der Waals surface area contributed by atoms with Crippen LogP contribution in [0.15, 0.2) is 24.5 Å². The first-order chi connectivity index (χ1) is 12.2. The highest BCUT2D eigenvalue weighted by Crippen LogP contribution is 2.27. The number of nitrogens with one attached hydrogen (secondary N) is 1. The first-order valence-electron chi connectivity index (χ1n) is 8.10. The molecule has 1 N–H and O–H groups in total. The van der Waals surface area contributed by atoms with Gasteiger partial charge in [0.25, 0.3) is 5.91 Å². The second-order valence-electron chi connectivity index (χ2n) is 6.38. The fourth-order valence-electron chi connectivity index (χ4n) is 2.80. The van der Waals surface area contributed by atoms with Gasteiger partial charge in [0.15, 0.2) is 0 Å². The maximum atomic E-state index is 12.5. The predicted molar refractivity (Wildman–Crippen MR) is 88.9 cm³/mol. The van der Waals surface area contributed by atoms with E-state index in [1.807, 2.05) is 19.0 Å². The SMILES string of the molecule is CN(C)c1ncc2c(n1)CCC(NC(=O)c1ccc(C(F)(F)F)nc1)C2. The molecule has 0 saturated heterocycles. The van der Waals surface area contributed by atoms with Crippen molar-refractivity contribution in [1.29, 1.82) is 0 Å². The van der Waals surface area contributed by atoms with E-state index in [-0.39, 0.29) is 11.6 Å². The van der Waals surface area contributed by atoms with Crippen LogP contribution in [-0.2, 0) is 19.0 Å². The van der Waals surface area contributed by atoms with E-state index in [0.29, 0.717) is 25.2 Å². The molecule has 0 bridgehead atoms. The molecule has 9 heteroatoms. The van der Waals surface area contributed by atoms with E-state index in [1.165, 1.54) is 0 Å². The number of aryl methyl sites for hydroxylation is 1. The molecule has 1 amide bonds. The molecule has 1 aliphatic rings. The zero-order chi connectivity index (χ0) is 18.9. The van der Waals surface area contributed by atoms with Crippen molar-refractivity contribution in [3.05, 3.63) is 47.0 Å². The van der Waals surface area contributed by atoms with Crippen molar-refractivity contribution in [2.24, 2.45) is 0 Å². The third-order valence-electron chi connectivity index (χ3n) is 4.19. The minimum atomic E-state index is -4.52. The highest BCUT2D eigenvalue weighted by Gasteiger charge is 2.32. The average molecular weight is 365 g/mol. The van der Waals surface area contributed by atoms with Gasteiger partial charge in [-0.3, -0.25) is 9.78 Å². The minimum Gasteiger partial charge on any atom is -0.349 e. The zero-order valence-electron chi connectivity index (χ0n) is 14.3. The number of nitrogens with zero attached hydrogens (tertiary/aromatic N) is 4. The van der Waals surface area contributed by atoms with Gasteiger partial charge in [-0.2, -0.15) is 13.2 Å². The predicted octanol–water partition coefficient (Wildman–Crippen LogP) is 2.24. The van der Waals surface area contributed by atoms with Crippen molar-refractivity contribution in [2.45, 2.75) is 31.5 Å². The molecule has 1 unspecified atom stereocenters. The summed E-state index contributed by atoms with van der Waals surface area (Å²) < 4.78 is 37.6. The van der Waals surface area contributed by atoms with E-state index in [4.69, 9.17) is 0 Å². The Bertz CT molecular complexity index is 805. The molecular formula is C17H18F3N5O. The summed E-state index contributed by atoms with van der Waals surface area (Å²) in [5, 5.41) is 2.85. The molecule has 2 heterocycles. The van der Waals surface area contributed by atoms with Gasteiger partial charge >= 0.3 is 6.18 Å². The van der Waals surface area contributed by atoms with Gasteiger partial charge in [-0.15, -0.1) is 0 Å². The molecule has 2 aromatic rings. The third kappa shape index (κ3) is 3.92. The first-order valence-corrected chi connectivity index (χ1v) is 8.10. The van der Waals surface area contributed by atoms with E-state index in [9.17, 15) is 18.0 Å². The molecule has 2 aromatic heterocycles. The van der Waals surface area contributed by atoms with Crippen LogP contribution >= 0.6 is 0 Å². The quantitative estimate of drug-likeness (QED) is 0.903. The van der Waals surface area contributed by atoms with E-state index in [1.54, 1.807) is 6.20 Å². The molecule has 0 aliphatic heterocycles. The summed E-state index contributed by atoms with van der Waals surface area (Å²) >= 11 is 0. The smallest absolute Gasteiger partial charge is 0.349 e. The number of hydrogen-bond donors (Lipinski definition) is 1. The van der Waals surface area contributed by atoms with Gasteiger partial charge in [0.05, 0.1) is 5.56 Å². The van der Waals surface area contributed by atoms with Crippen molar-refractivity contribution in [3.63, 3.8) is 0 Å². The lowest BCUT2D eigenvalue weighted by Gasteiger charge is -2.25. The van der Waals surface area contributed by atoms with E-state index >= 15 is 0 Å². The molecule has 3 rings (SSSR count). The maximum Gasteiger partial charge on any atom is 0.433 e. The Hall–Kier alpha value is -2.71. The lowest BCUT2D eigenvalue weighted by atomic mass is 9.92. The number of anilines is 1. The van der Waals surface area contributed by atoms with Crippen LogP contribution in [0, 0.1) is 0 Å². The van der Waals surface area contributed by atoms with Gasteiger partial charge < -0.3 is 10.2 Å². The third-order valence-corrected chi connectivity index (χ3v) is 4.19. The normalized spacial score (nSPS) is 16.7. The van der Waals surface area contributed by atoms with E-state index in [2.05, 4.69) is 20.3 Å². The Balaban J connectivity index is 1.66. The number of pyridine rings is 1. The van der Waals surface area contributed by atoms with Crippen LogP contribution in [0.4, 0.5) is 19.1 Å². The topological polar surface area (TPSA) is 71.0 Å². The number of hydrogen-bond acceptors (Lipinski definition) is 5. The Kier molecular flexibility index (Phi) is 4.80. The number of aromatic nitrogens is 3. The number of amides is 1. The van der Waals surface area contributed by atoms with Crippen molar-refractivity contribution in [1.82, 2.24) is 20.3 Å². The summed E-state index contributed by atoms with van der Waals surface area (Å²) in [5.74, 6) is 0.201. The Morgan fingerprint density at radius 2 is 2.00 bits per heavy atom. The Labute approximate surface area is 148 Å². The van der Waals surface area contributed by atoms with Gasteiger partial charge in [-0.25, -0.2) is 9.97 Å². The number of carbonyl (C=O) groups is 1. The molecule has 0 aromatic carbocycles. The van der Waals surface area contributed by atoms with Gasteiger partial charge in [0.2, 0.25) is 5.95 Å². The van der Waals surface area contributed by atoms with Crippen LogP contribution < -0.4 is 10.2 Å². The Morgan fingerprint density at radius 3 is 2.62 bits per heavy atom. The number of alkyl halides is 3. The zero-order valence-corrected chi connectivity index (χ0v) is 14.3. The summed E-state index contributed by atoms with van der Waals surface area (Å²) in [4.78, 5) is 26.2. The molecule has 26 heavy (non-hydrogen) atoms. The molecule has 1 aliphatic carbocycles. The van der Waals surface area contributed by atoms with Crippen LogP contribution in [0.3, 0.4) is 0 Å². The molecule has 138 valence electrons. The fraction of sp³-hybridized carbons (Fsp3) is 0.412. The number of halogens is 3. The second kappa shape index (κ2) is 6.89.